The van der Waals surface area contributed by atoms with Gasteiger partial charge in [-0.3, -0.25) is 0 Å². The second-order valence-electron chi connectivity index (χ2n) is 1.79. The summed E-state index contributed by atoms with van der Waals surface area (Å²) in [6.07, 6.45) is 5.32. The minimum atomic E-state index is 0.425. The summed E-state index contributed by atoms with van der Waals surface area (Å²) in [6.45, 7) is 1.10. The van der Waals surface area contributed by atoms with Crippen LogP contribution in [0.4, 0.5) is 0 Å². The smallest absolute Gasteiger partial charge is 0.0954 e. The average molecular weight is 135 g/mol. The molecule has 52 valence electrons. The molecule has 10 heavy (non-hydrogen) atoms. The molecule has 0 saturated carbocycles. The molecule has 0 aliphatic heterocycles. The van der Waals surface area contributed by atoms with Crippen LogP contribution in [0.3, 0.4) is 0 Å². The van der Waals surface area contributed by atoms with Gasteiger partial charge in [0, 0.05) is 12.4 Å². The van der Waals surface area contributed by atoms with E-state index in [0.29, 0.717) is 13.1 Å². The predicted octanol–water partition coefficient (Wildman–Crippen LogP) is -0.155. The Morgan fingerprint density at radius 2 is 2.40 bits per heavy atom. The summed E-state index contributed by atoms with van der Waals surface area (Å²) in [7, 11) is 0. The van der Waals surface area contributed by atoms with Crippen molar-refractivity contribution in [1.82, 2.24) is 9.55 Å². The van der Waals surface area contributed by atoms with Gasteiger partial charge in [-0.25, -0.2) is 4.98 Å². The van der Waals surface area contributed by atoms with Crippen molar-refractivity contribution in [2.45, 2.75) is 6.54 Å². The standard InChI is InChI=1S/C7H9N3/c8-3-1-2-5-10-6-4-9-7-10/h4,6-7H,3,5,8H2. The van der Waals surface area contributed by atoms with E-state index >= 15 is 0 Å². The number of imidazole rings is 1. The van der Waals surface area contributed by atoms with Crippen LogP contribution in [0.25, 0.3) is 0 Å². The SMILES string of the molecule is NCC#CCn1ccnc1. The number of nitrogens with zero attached hydrogens (tertiary/aromatic N) is 2. The first-order valence-corrected chi connectivity index (χ1v) is 3.05. The Balaban J connectivity index is 2.41. The molecule has 0 spiro atoms. The number of aromatic nitrogens is 2. The Bertz CT molecular complexity index is 227. The molecule has 0 radical (unpaired) electrons. The van der Waals surface area contributed by atoms with Crippen molar-refractivity contribution < 1.29 is 0 Å². The van der Waals surface area contributed by atoms with Crippen LogP contribution in [0.5, 0.6) is 0 Å². The molecule has 2 N–H and O–H groups in total. The zero-order valence-corrected chi connectivity index (χ0v) is 5.62. The lowest BCUT2D eigenvalue weighted by Gasteiger charge is -1.89. The quantitative estimate of drug-likeness (QED) is 0.544. The largest absolute Gasteiger partial charge is 0.326 e. The van der Waals surface area contributed by atoms with Crippen molar-refractivity contribution in [3.63, 3.8) is 0 Å². The summed E-state index contributed by atoms with van der Waals surface area (Å²) >= 11 is 0. The highest BCUT2D eigenvalue weighted by Gasteiger charge is 1.80. The Morgan fingerprint density at radius 3 is 3.00 bits per heavy atom. The van der Waals surface area contributed by atoms with Crippen molar-refractivity contribution >= 4 is 0 Å². The molecule has 1 aromatic rings. The third-order valence-electron chi connectivity index (χ3n) is 1.05. The van der Waals surface area contributed by atoms with Crippen LogP contribution in [0, 0.1) is 11.8 Å². The molecule has 0 bridgehead atoms. The first-order chi connectivity index (χ1) is 4.93. The van der Waals surface area contributed by atoms with Crippen molar-refractivity contribution in [2.24, 2.45) is 5.73 Å². The van der Waals surface area contributed by atoms with Gasteiger partial charge < -0.3 is 10.3 Å². The first kappa shape index (κ1) is 6.84. The van der Waals surface area contributed by atoms with E-state index in [1.807, 2.05) is 10.8 Å². The molecule has 1 heterocycles. The van der Waals surface area contributed by atoms with Gasteiger partial charge in [0.05, 0.1) is 19.4 Å². The molecule has 1 aromatic heterocycles. The summed E-state index contributed by atoms with van der Waals surface area (Å²) in [5, 5.41) is 0. The van der Waals surface area contributed by atoms with Crippen LogP contribution in [-0.2, 0) is 6.54 Å². The zero-order valence-electron chi connectivity index (χ0n) is 5.62. The Hall–Kier alpha value is -1.27. The van der Waals surface area contributed by atoms with E-state index in [-0.39, 0.29) is 0 Å². The maximum Gasteiger partial charge on any atom is 0.0954 e. The van der Waals surface area contributed by atoms with Gasteiger partial charge in [-0.1, -0.05) is 11.8 Å². The summed E-state index contributed by atoms with van der Waals surface area (Å²) in [6, 6.07) is 0. The highest BCUT2D eigenvalue weighted by Crippen LogP contribution is 1.82. The molecule has 0 saturated heterocycles. The number of hydrogen-bond acceptors (Lipinski definition) is 2. The molecule has 3 nitrogen and oxygen atoms in total. The van der Waals surface area contributed by atoms with Gasteiger partial charge in [0.2, 0.25) is 0 Å². The second-order valence-corrected chi connectivity index (χ2v) is 1.79. The van der Waals surface area contributed by atoms with E-state index in [1.54, 1.807) is 12.5 Å². The molecular formula is C7H9N3. The summed E-state index contributed by atoms with van der Waals surface area (Å²) in [5.41, 5.74) is 5.17. The highest BCUT2D eigenvalue weighted by molar-refractivity contribution is 5.00. The molecule has 3 heteroatoms. The van der Waals surface area contributed by atoms with Crippen LogP contribution < -0.4 is 5.73 Å². The molecule has 0 aromatic carbocycles. The van der Waals surface area contributed by atoms with E-state index in [4.69, 9.17) is 5.73 Å². The zero-order chi connectivity index (χ0) is 7.23. The van der Waals surface area contributed by atoms with Gasteiger partial charge in [0.1, 0.15) is 0 Å². The molecule has 0 aliphatic carbocycles. The highest BCUT2D eigenvalue weighted by atomic mass is 15.0. The summed E-state index contributed by atoms with van der Waals surface area (Å²) < 4.78 is 1.89. The minimum absolute atomic E-state index is 0.425. The lowest BCUT2D eigenvalue weighted by atomic mass is 10.5. The molecule has 0 fully saturated rings. The van der Waals surface area contributed by atoms with E-state index in [1.165, 1.54) is 0 Å². The lowest BCUT2D eigenvalue weighted by Crippen LogP contribution is -1.95. The first-order valence-electron chi connectivity index (χ1n) is 3.05. The maximum absolute atomic E-state index is 5.17. The Labute approximate surface area is 59.9 Å². The van der Waals surface area contributed by atoms with Gasteiger partial charge >= 0.3 is 0 Å². The fourth-order valence-corrected chi connectivity index (χ4v) is 0.600. The number of hydrogen-bond donors (Lipinski definition) is 1. The van der Waals surface area contributed by atoms with E-state index < -0.39 is 0 Å². The van der Waals surface area contributed by atoms with Crippen molar-refractivity contribution in [3.05, 3.63) is 18.7 Å². The molecular weight excluding hydrogens is 126 g/mol. The van der Waals surface area contributed by atoms with Crippen LogP contribution in [0.15, 0.2) is 18.7 Å². The third kappa shape index (κ3) is 1.92. The molecule has 1 rings (SSSR count). The predicted molar refractivity (Wildman–Crippen MR) is 39.1 cm³/mol. The molecule has 0 amide bonds. The topological polar surface area (TPSA) is 43.8 Å². The summed E-state index contributed by atoms with van der Waals surface area (Å²) in [4.78, 5) is 3.86. The number of nitrogens with two attached hydrogens (primary N) is 1. The van der Waals surface area contributed by atoms with Crippen molar-refractivity contribution in [1.29, 1.82) is 0 Å². The van der Waals surface area contributed by atoms with Gasteiger partial charge in [0.25, 0.3) is 0 Å². The van der Waals surface area contributed by atoms with Gasteiger partial charge in [-0.05, 0) is 0 Å². The molecule has 0 aliphatic rings. The molecule has 0 atom stereocenters. The van der Waals surface area contributed by atoms with E-state index in [2.05, 4.69) is 16.8 Å². The third-order valence-corrected chi connectivity index (χ3v) is 1.05. The van der Waals surface area contributed by atoms with Gasteiger partial charge in [-0.15, -0.1) is 0 Å². The maximum atomic E-state index is 5.17. The number of rotatable bonds is 1. The second kappa shape index (κ2) is 3.70. The van der Waals surface area contributed by atoms with Crippen LogP contribution in [-0.4, -0.2) is 16.1 Å². The van der Waals surface area contributed by atoms with Gasteiger partial charge in [-0.2, -0.15) is 0 Å². The Kier molecular flexibility index (Phi) is 2.53. The van der Waals surface area contributed by atoms with Crippen LogP contribution in [0.2, 0.25) is 0 Å². The Morgan fingerprint density at radius 1 is 1.50 bits per heavy atom. The molecule has 0 unspecified atom stereocenters. The minimum Gasteiger partial charge on any atom is -0.326 e. The van der Waals surface area contributed by atoms with E-state index in [0.717, 1.165) is 0 Å². The van der Waals surface area contributed by atoms with Crippen molar-refractivity contribution in [3.8, 4) is 11.8 Å². The lowest BCUT2D eigenvalue weighted by molar-refractivity contribution is 0.839. The fraction of sp³-hybridized carbons (Fsp3) is 0.286. The van der Waals surface area contributed by atoms with Crippen LogP contribution >= 0.6 is 0 Å². The normalized spacial score (nSPS) is 8.50. The van der Waals surface area contributed by atoms with E-state index in [9.17, 15) is 0 Å². The van der Waals surface area contributed by atoms with Crippen LogP contribution in [0.1, 0.15) is 0 Å². The average Bonchev–Trinajstić information content (AvgIpc) is 2.41. The van der Waals surface area contributed by atoms with Crippen molar-refractivity contribution in [2.75, 3.05) is 6.54 Å². The fourth-order valence-electron chi connectivity index (χ4n) is 0.600. The van der Waals surface area contributed by atoms with Gasteiger partial charge in [0.15, 0.2) is 0 Å². The monoisotopic (exact) mass is 135 g/mol. The summed E-state index contributed by atoms with van der Waals surface area (Å²) in [5.74, 6) is 5.65.